The number of rotatable bonds is 4. The Morgan fingerprint density at radius 3 is 2.76 bits per heavy atom. The topological polar surface area (TPSA) is 27.7 Å². The maximum atomic E-state index is 5.73. The van der Waals surface area contributed by atoms with Crippen molar-refractivity contribution in [3.8, 4) is 0 Å². The van der Waals surface area contributed by atoms with Crippen molar-refractivity contribution in [3.63, 3.8) is 0 Å². The zero-order valence-electron chi connectivity index (χ0n) is 10.2. The van der Waals surface area contributed by atoms with Gasteiger partial charge in [0.15, 0.2) is 0 Å². The predicted octanol–water partition coefficient (Wildman–Crippen LogP) is 2.87. The molecule has 0 N–H and O–H groups in total. The lowest BCUT2D eigenvalue weighted by molar-refractivity contribution is -0.201. The first-order chi connectivity index (χ1) is 8.25. The second kappa shape index (κ2) is 5.84. The van der Waals surface area contributed by atoms with Crippen LogP contribution in [0.5, 0.6) is 0 Å². The van der Waals surface area contributed by atoms with E-state index in [0.717, 1.165) is 5.56 Å². The largest absolute Gasteiger partial charge is 0.470 e. The fourth-order valence-electron chi connectivity index (χ4n) is 1.62. The van der Waals surface area contributed by atoms with Gasteiger partial charge in [-0.25, -0.2) is 0 Å². The maximum Gasteiger partial charge on any atom is 0.225 e. The number of benzene rings is 1. The normalized spacial score (nSPS) is 25.3. The van der Waals surface area contributed by atoms with Crippen molar-refractivity contribution in [2.24, 2.45) is 0 Å². The molecule has 0 unspecified atom stereocenters. The van der Waals surface area contributed by atoms with Gasteiger partial charge in [-0.3, -0.25) is 0 Å². The van der Waals surface area contributed by atoms with E-state index in [4.69, 9.17) is 14.2 Å². The van der Waals surface area contributed by atoms with Gasteiger partial charge in [-0.05, 0) is 25.5 Å². The van der Waals surface area contributed by atoms with Gasteiger partial charge >= 0.3 is 0 Å². The number of ether oxygens (including phenoxy) is 3. The quantitative estimate of drug-likeness (QED) is 0.801. The molecule has 3 nitrogen and oxygen atoms in total. The minimum atomic E-state index is -0.321. The van der Waals surface area contributed by atoms with Crippen LogP contribution in [0.15, 0.2) is 42.7 Å². The first-order valence-electron chi connectivity index (χ1n) is 5.89. The van der Waals surface area contributed by atoms with E-state index in [1.807, 2.05) is 50.3 Å². The van der Waals surface area contributed by atoms with E-state index in [2.05, 4.69) is 0 Å². The van der Waals surface area contributed by atoms with Crippen LogP contribution in [0.3, 0.4) is 0 Å². The third-order valence-electron chi connectivity index (χ3n) is 2.65. The molecule has 0 amide bonds. The average Bonchev–Trinajstić information content (AvgIpc) is 2.37. The number of hydrogen-bond donors (Lipinski definition) is 0. The highest BCUT2D eigenvalue weighted by Gasteiger charge is 2.23. The molecule has 1 aliphatic rings. The Morgan fingerprint density at radius 2 is 2.06 bits per heavy atom. The summed E-state index contributed by atoms with van der Waals surface area (Å²) in [5, 5.41) is 0. The van der Waals surface area contributed by atoms with Crippen LogP contribution >= 0.6 is 0 Å². The zero-order valence-corrected chi connectivity index (χ0v) is 10.2. The Balaban J connectivity index is 1.81. The lowest BCUT2D eigenvalue weighted by Gasteiger charge is -2.28. The molecular weight excluding hydrogens is 216 g/mol. The summed E-state index contributed by atoms with van der Waals surface area (Å²) in [4.78, 5) is 0. The van der Waals surface area contributed by atoms with Gasteiger partial charge in [-0.1, -0.05) is 30.3 Å². The molecule has 1 aromatic carbocycles. The molecule has 0 spiro atoms. The first-order valence-corrected chi connectivity index (χ1v) is 5.89. The predicted molar refractivity (Wildman–Crippen MR) is 65.3 cm³/mol. The van der Waals surface area contributed by atoms with Gasteiger partial charge in [0.2, 0.25) is 6.29 Å². The maximum absolute atomic E-state index is 5.73. The van der Waals surface area contributed by atoms with Gasteiger partial charge in [-0.15, -0.1) is 0 Å². The van der Waals surface area contributed by atoms with Gasteiger partial charge < -0.3 is 14.2 Å². The van der Waals surface area contributed by atoms with Crippen molar-refractivity contribution in [3.05, 3.63) is 48.2 Å². The second-order valence-corrected chi connectivity index (χ2v) is 4.18. The number of hydrogen-bond acceptors (Lipinski definition) is 3. The Labute approximate surface area is 102 Å². The first kappa shape index (κ1) is 12.1. The minimum Gasteiger partial charge on any atom is -0.470 e. The SMILES string of the molecule is C[C@@H]1C=CO[C@H]([C@H](C)OCc2ccccc2)O1. The summed E-state index contributed by atoms with van der Waals surface area (Å²) in [5.41, 5.74) is 1.15. The summed E-state index contributed by atoms with van der Waals surface area (Å²) < 4.78 is 16.7. The average molecular weight is 234 g/mol. The Morgan fingerprint density at radius 1 is 1.29 bits per heavy atom. The van der Waals surface area contributed by atoms with Crippen LogP contribution in [-0.2, 0) is 20.8 Å². The summed E-state index contributed by atoms with van der Waals surface area (Å²) in [7, 11) is 0. The van der Waals surface area contributed by atoms with Crippen LogP contribution in [0.1, 0.15) is 19.4 Å². The van der Waals surface area contributed by atoms with Crippen LogP contribution in [-0.4, -0.2) is 18.5 Å². The summed E-state index contributed by atoms with van der Waals surface area (Å²) in [6, 6.07) is 10.1. The standard InChI is InChI=1S/C14H18O3/c1-11-8-9-15-14(17-11)12(2)16-10-13-6-4-3-5-7-13/h3-9,11-12,14H,10H2,1-2H3/t11-,12+,14+/m1/s1. The highest BCUT2D eigenvalue weighted by Crippen LogP contribution is 2.15. The fraction of sp³-hybridized carbons (Fsp3) is 0.429. The molecule has 3 heteroatoms. The summed E-state index contributed by atoms with van der Waals surface area (Å²) in [6.45, 7) is 4.51. The van der Waals surface area contributed by atoms with E-state index in [1.165, 1.54) is 0 Å². The molecule has 0 bridgehead atoms. The van der Waals surface area contributed by atoms with E-state index in [0.29, 0.717) is 6.61 Å². The fourth-order valence-corrected chi connectivity index (χ4v) is 1.62. The molecule has 0 saturated carbocycles. The Hall–Kier alpha value is -1.32. The van der Waals surface area contributed by atoms with Crippen molar-refractivity contribution in [2.45, 2.75) is 39.0 Å². The van der Waals surface area contributed by atoms with Gasteiger partial charge in [-0.2, -0.15) is 0 Å². The molecule has 1 heterocycles. The molecular formula is C14H18O3. The molecule has 92 valence electrons. The van der Waals surface area contributed by atoms with Gasteiger partial charge in [0.25, 0.3) is 0 Å². The molecule has 17 heavy (non-hydrogen) atoms. The third kappa shape index (κ3) is 3.58. The minimum absolute atomic E-state index is 0.0801. The van der Waals surface area contributed by atoms with E-state index >= 15 is 0 Å². The Kier molecular flexibility index (Phi) is 4.18. The molecule has 0 fully saturated rings. The van der Waals surface area contributed by atoms with Crippen LogP contribution in [0.4, 0.5) is 0 Å². The highest BCUT2D eigenvalue weighted by molar-refractivity contribution is 5.13. The lowest BCUT2D eigenvalue weighted by Crippen LogP contribution is -2.35. The van der Waals surface area contributed by atoms with Gasteiger partial charge in [0.1, 0.15) is 6.10 Å². The highest BCUT2D eigenvalue weighted by atomic mass is 16.7. The monoisotopic (exact) mass is 234 g/mol. The van der Waals surface area contributed by atoms with Crippen molar-refractivity contribution in [1.82, 2.24) is 0 Å². The summed E-state index contributed by atoms with van der Waals surface area (Å²) in [5.74, 6) is 0. The van der Waals surface area contributed by atoms with Crippen molar-refractivity contribution < 1.29 is 14.2 Å². The van der Waals surface area contributed by atoms with Crippen LogP contribution in [0.2, 0.25) is 0 Å². The van der Waals surface area contributed by atoms with Gasteiger partial charge in [0.05, 0.1) is 19.0 Å². The summed E-state index contributed by atoms with van der Waals surface area (Å²) in [6.07, 6.45) is 3.22. The molecule has 1 aliphatic heterocycles. The van der Waals surface area contributed by atoms with E-state index in [-0.39, 0.29) is 18.5 Å². The van der Waals surface area contributed by atoms with Crippen LogP contribution in [0, 0.1) is 0 Å². The van der Waals surface area contributed by atoms with Crippen molar-refractivity contribution >= 4 is 0 Å². The third-order valence-corrected chi connectivity index (χ3v) is 2.65. The summed E-state index contributed by atoms with van der Waals surface area (Å²) >= 11 is 0. The van der Waals surface area contributed by atoms with Crippen LogP contribution in [0.25, 0.3) is 0 Å². The molecule has 0 aromatic heterocycles. The molecule has 0 radical (unpaired) electrons. The van der Waals surface area contributed by atoms with E-state index < -0.39 is 0 Å². The molecule has 1 aromatic rings. The molecule has 0 aliphatic carbocycles. The lowest BCUT2D eigenvalue weighted by atomic mass is 10.2. The van der Waals surface area contributed by atoms with Crippen molar-refractivity contribution in [1.29, 1.82) is 0 Å². The van der Waals surface area contributed by atoms with E-state index in [9.17, 15) is 0 Å². The van der Waals surface area contributed by atoms with Gasteiger partial charge in [0, 0.05) is 0 Å². The second-order valence-electron chi connectivity index (χ2n) is 4.18. The molecule has 2 rings (SSSR count). The Bertz CT molecular complexity index is 361. The van der Waals surface area contributed by atoms with Crippen molar-refractivity contribution in [2.75, 3.05) is 0 Å². The smallest absolute Gasteiger partial charge is 0.225 e. The van der Waals surface area contributed by atoms with E-state index in [1.54, 1.807) is 6.26 Å². The molecule has 3 atom stereocenters. The zero-order chi connectivity index (χ0) is 12.1. The van der Waals surface area contributed by atoms with Crippen LogP contribution < -0.4 is 0 Å². The molecule has 0 saturated heterocycles.